The summed E-state index contributed by atoms with van der Waals surface area (Å²) in [5.74, 6) is -2.75. The van der Waals surface area contributed by atoms with Crippen LogP contribution in [0.1, 0.15) is 21.6 Å². The summed E-state index contributed by atoms with van der Waals surface area (Å²) >= 11 is 0. The molecule has 0 saturated heterocycles. The molecule has 0 unspecified atom stereocenters. The molecule has 17 heteroatoms. The van der Waals surface area contributed by atoms with Crippen molar-refractivity contribution in [3.05, 3.63) is 29.0 Å². The summed E-state index contributed by atoms with van der Waals surface area (Å²) in [6, 6.07) is 0.129. The monoisotopic (exact) mass is 487 g/mol. The number of carboxylic acid groups (broad SMARTS) is 1. The fourth-order valence-corrected chi connectivity index (χ4v) is 3.24. The number of rotatable bonds is 6. The van der Waals surface area contributed by atoms with Crippen molar-refractivity contribution in [2.45, 2.75) is 18.1 Å². The number of ether oxygens (including phenoxy) is 2. The van der Waals surface area contributed by atoms with Crippen molar-refractivity contribution in [2.24, 2.45) is 0 Å². The van der Waals surface area contributed by atoms with Crippen LogP contribution in [0.4, 0.5) is 23.9 Å². The molecule has 2 rings (SSSR count). The fraction of sp³-hybridized carbons (Fsp3) is 0.267. The Bertz CT molecular complexity index is 1120. The molecule has 2 heterocycles. The zero-order valence-electron chi connectivity index (χ0n) is 16.9. The number of carbonyl (C=O) groups is 2. The minimum Gasteiger partial charge on any atom is -0.545 e. The van der Waals surface area contributed by atoms with E-state index in [-0.39, 0.29) is 41.3 Å². The number of alkyl halides is 3. The number of hydrogen-bond acceptors (Lipinski definition) is 10. The van der Waals surface area contributed by atoms with Gasteiger partial charge in [-0.25, -0.2) is 14.5 Å². The molecule has 32 heavy (non-hydrogen) atoms. The van der Waals surface area contributed by atoms with E-state index in [1.807, 2.05) is 5.32 Å². The van der Waals surface area contributed by atoms with Gasteiger partial charge in [0.2, 0.25) is 17.7 Å². The van der Waals surface area contributed by atoms with Gasteiger partial charge in [-0.1, -0.05) is 0 Å². The van der Waals surface area contributed by atoms with Gasteiger partial charge in [0.25, 0.3) is 10.0 Å². The normalized spacial score (nSPS) is 11.2. The Labute approximate surface area is 200 Å². The van der Waals surface area contributed by atoms with Crippen LogP contribution in [0.25, 0.3) is 0 Å². The smallest absolute Gasteiger partial charge is 0.545 e. The molecule has 2 aromatic rings. The summed E-state index contributed by atoms with van der Waals surface area (Å²) in [6.07, 6.45) is -5.09. The molecule has 0 aliphatic rings. The summed E-state index contributed by atoms with van der Waals surface area (Å²) in [5, 5.41) is 11.6. The molecule has 0 aliphatic heterocycles. The van der Waals surface area contributed by atoms with Gasteiger partial charge in [0.1, 0.15) is 5.69 Å². The van der Waals surface area contributed by atoms with Gasteiger partial charge in [0.05, 0.1) is 26.3 Å². The van der Waals surface area contributed by atoms with Gasteiger partial charge in [-0.3, -0.25) is 5.32 Å². The van der Waals surface area contributed by atoms with Gasteiger partial charge < -0.3 is 19.4 Å². The number of urea groups is 1. The number of pyridine rings is 1. The minimum absolute atomic E-state index is 0. The van der Waals surface area contributed by atoms with Crippen LogP contribution in [-0.4, -0.2) is 49.6 Å². The molecule has 0 spiro atoms. The Morgan fingerprint density at radius 2 is 1.59 bits per heavy atom. The Morgan fingerprint density at radius 1 is 1.06 bits per heavy atom. The van der Waals surface area contributed by atoms with Gasteiger partial charge in [0, 0.05) is 5.56 Å². The van der Waals surface area contributed by atoms with Gasteiger partial charge >= 0.3 is 41.8 Å². The number of nitrogens with zero attached hydrogens (tertiary/aromatic N) is 3. The quantitative estimate of drug-likeness (QED) is 0.403. The molecule has 0 saturated carbocycles. The number of halogens is 3. The molecule has 0 atom stereocenters. The third-order valence-electron chi connectivity index (χ3n) is 3.47. The van der Waals surface area contributed by atoms with E-state index in [1.165, 1.54) is 25.0 Å². The van der Waals surface area contributed by atoms with Crippen LogP contribution in [0.3, 0.4) is 0 Å². The topological polar surface area (TPSA) is 173 Å². The molecule has 168 valence electrons. The zero-order chi connectivity index (χ0) is 23.6. The third-order valence-corrected chi connectivity index (χ3v) is 4.75. The largest absolute Gasteiger partial charge is 1.00 e. The molecular formula is C15H13F3N5NaO7S. The van der Waals surface area contributed by atoms with Crippen LogP contribution < -0.4 is 54.2 Å². The molecule has 0 fully saturated rings. The van der Waals surface area contributed by atoms with Crippen molar-refractivity contribution in [3.8, 4) is 11.8 Å². The van der Waals surface area contributed by atoms with E-state index in [2.05, 4.69) is 15.0 Å². The standard InChI is InChI=1S/C15H14F3N5O7S.Na/c1-6-4-7(12(24)25)11(21-10(6)15(16,17)18)31(27,28)23-14(26)22-13-19-8(29-2)5-9(20-13)30-3;/h4-5H,1-3H3,(H,24,25)(H2,19,20,22,23,26);/q;+1/p-1. The Hall–Kier alpha value is -2.69. The SMILES string of the molecule is COc1cc(OC)nc(NC(=O)NS(=O)(=O)c2nc(C(F)(F)F)c(C)cc2C(=O)[O-])n1.[Na+]. The van der Waals surface area contributed by atoms with E-state index in [1.54, 1.807) is 0 Å². The second kappa shape index (κ2) is 10.3. The maximum Gasteiger partial charge on any atom is 1.00 e. The van der Waals surface area contributed by atoms with E-state index >= 15 is 0 Å². The van der Waals surface area contributed by atoms with Gasteiger partial charge in [0.15, 0.2) is 5.03 Å². The molecular weight excluding hydrogens is 474 g/mol. The predicted molar refractivity (Wildman–Crippen MR) is 92.8 cm³/mol. The number of aromatic carboxylic acids is 1. The maximum absolute atomic E-state index is 13.1. The first-order chi connectivity index (χ1) is 14.3. The summed E-state index contributed by atoms with van der Waals surface area (Å²) in [7, 11) is -2.73. The number of amides is 2. The van der Waals surface area contributed by atoms with E-state index in [0.29, 0.717) is 6.07 Å². The number of methoxy groups -OCH3 is 2. The first kappa shape index (κ1) is 27.3. The third kappa shape index (κ3) is 6.41. The molecule has 2 amide bonds. The summed E-state index contributed by atoms with van der Waals surface area (Å²) in [6.45, 7) is 0.881. The average Bonchev–Trinajstić information content (AvgIpc) is 2.65. The second-order valence-electron chi connectivity index (χ2n) is 5.63. The molecule has 0 aliphatic carbocycles. The average molecular weight is 487 g/mol. The van der Waals surface area contributed by atoms with Crippen LogP contribution in [0.15, 0.2) is 17.2 Å². The number of carbonyl (C=O) groups excluding carboxylic acids is 2. The molecule has 12 nitrogen and oxygen atoms in total. The minimum atomic E-state index is -5.20. The summed E-state index contributed by atoms with van der Waals surface area (Å²) in [4.78, 5) is 33.6. The Balaban J connectivity index is 0.00000512. The number of nitrogens with one attached hydrogen (secondary N) is 2. The Morgan fingerprint density at radius 3 is 2.03 bits per heavy atom. The number of aromatic nitrogens is 3. The fourth-order valence-electron chi connectivity index (χ4n) is 2.20. The zero-order valence-corrected chi connectivity index (χ0v) is 19.7. The second-order valence-corrected chi connectivity index (χ2v) is 7.23. The summed E-state index contributed by atoms with van der Waals surface area (Å²) in [5.41, 5.74) is -3.49. The van der Waals surface area contributed by atoms with E-state index in [4.69, 9.17) is 9.47 Å². The van der Waals surface area contributed by atoms with Crippen molar-refractivity contribution in [1.82, 2.24) is 19.7 Å². The first-order valence-electron chi connectivity index (χ1n) is 7.89. The van der Waals surface area contributed by atoms with Crippen molar-refractivity contribution in [3.63, 3.8) is 0 Å². The molecule has 0 bridgehead atoms. The van der Waals surface area contributed by atoms with Crippen LogP contribution >= 0.6 is 0 Å². The van der Waals surface area contributed by atoms with E-state index < -0.39 is 56.0 Å². The van der Waals surface area contributed by atoms with Gasteiger partial charge in [-0.15, -0.1) is 0 Å². The number of anilines is 1. The number of hydrogen-bond donors (Lipinski definition) is 2. The first-order valence-corrected chi connectivity index (χ1v) is 9.38. The van der Waals surface area contributed by atoms with E-state index in [9.17, 15) is 36.3 Å². The van der Waals surface area contributed by atoms with Crippen molar-refractivity contribution < 1.29 is 75.3 Å². The van der Waals surface area contributed by atoms with Crippen LogP contribution in [0, 0.1) is 6.92 Å². The maximum atomic E-state index is 13.1. The van der Waals surface area contributed by atoms with Crippen molar-refractivity contribution in [2.75, 3.05) is 19.5 Å². The van der Waals surface area contributed by atoms with Gasteiger partial charge in [-0.05, 0) is 18.6 Å². The van der Waals surface area contributed by atoms with Crippen LogP contribution in [0.2, 0.25) is 0 Å². The molecule has 0 radical (unpaired) electrons. The van der Waals surface area contributed by atoms with Crippen LogP contribution in [0.5, 0.6) is 11.8 Å². The number of carboxylic acids is 1. The molecule has 2 N–H and O–H groups in total. The molecule has 0 aromatic carbocycles. The summed E-state index contributed by atoms with van der Waals surface area (Å²) < 4.78 is 75.1. The van der Waals surface area contributed by atoms with Crippen LogP contribution in [-0.2, 0) is 16.2 Å². The van der Waals surface area contributed by atoms with Crippen molar-refractivity contribution >= 4 is 28.0 Å². The number of aryl methyl sites for hydroxylation is 1. The molecule has 2 aromatic heterocycles. The van der Waals surface area contributed by atoms with E-state index in [0.717, 1.165) is 6.92 Å². The van der Waals surface area contributed by atoms with Gasteiger partial charge in [-0.2, -0.15) is 31.6 Å². The van der Waals surface area contributed by atoms with Crippen molar-refractivity contribution in [1.29, 1.82) is 0 Å². The predicted octanol–water partition coefficient (Wildman–Crippen LogP) is -2.91. The Kier molecular flexibility index (Phi) is 8.79. The number of sulfonamides is 1.